The van der Waals surface area contributed by atoms with Crippen molar-refractivity contribution in [3.8, 4) is 0 Å². The van der Waals surface area contributed by atoms with Gasteiger partial charge in [-0.3, -0.25) is 0 Å². The maximum absolute atomic E-state index is 14.2. The van der Waals surface area contributed by atoms with Crippen molar-refractivity contribution in [2.45, 2.75) is 78.5 Å². The van der Waals surface area contributed by atoms with E-state index in [9.17, 15) is 9.18 Å². The quantitative estimate of drug-likeness (QED) is 0.686. The first-order valence-corrected chi connectivity index (χ1v) is 10.1. The second-order valence-corrected chi connectivity index (χ2v) is 8.89. The summed E-state index contributed by atoms with van der Waals surface area (Å²) >= 11 is 0. The van der Waals surface area contributed by atoms with Crippen molar-refractivity contribution >= 4 is 11.7 Å². The number of hydrogen-bond donors (Lipinski definition) is 1. The molecule has 0 unspecified atom stereocenters. The molecule has 1 heterocycles. The first kappa shape index (κ1) is 23.6. The Bertz CT molecular complexity index is 728. The Morgan fingerprint density at radius 2 is 1.86 bits per heavy atom. The lowest BCUT2D eigenvalue weighted by atomic mass is 9.89. The zero-order valence-corrected chi connectivity index (χ0v) is 18.9. The van der Waals surface area contributed by atoms with Gasteiger partial charge in [-0.25, -0.2) is 9.18 Å². The van der Waals surface area contributed by atoms with Crippen LogP contribution < -0.4 is 5.32 Å². The summed E-state index contributed by atoms with van der Waals surface area (Å²) in [4.78, 5) is 14.1. The number of benzene rings is 1. The minimum atomic E-state index is -0.590. The van der Waals surface area contributed by atoms with Crippen molar-refractivity contribution in [1.82, 2.24) is 4.90 Å². The van der Waals surface area contributed by atoms with Crippen LogP contribution in [0.15, 0.2) is 12.1 Å². The normalized spacial score (nSPS) is 15.6. The van der Waals surface area contributed by atoms with Crippen LogP contribution in [0, 0.1) is 12.7 Å². The number of nitrogens with zero attached hydrogens (tertiary/aromatic N) is 1. The number of carbonyl (C=O) groups excluding carboxylic acids is 1. The molecule has 1 aliphatic heterocycles. The SMILES string of the molecule is COC(C)(C)C(C)(C)OCc1cc(F)cc(NC(=O)N2CC(OC(C)C)C2)c1C. The third-order valence-corrected chi connectivity index (χ3v) is 5.87. The third kappa shape index (κ3) is 5.68. The number of nitrogens with one attached hydrogen (secondary N) is 1. The molecule has 7 heteroatoms. The van der Waals surface area contributed by atoms with E-state index in [-0.39, 0.29) is 24.8 Å². The number of methoxy groups -OCH3 is 1. The Kier molecular flexibility index (Phi) is 7.30. The molecule has 1 N–H and O–H groups in total. The lowest BCUT2D eigenvalue weighted by molar-refractivity contribution is -0.169. The predicted molar refractivity (Wildman–Crippen MR) is 112 cm³/mol. The molecular formula is C22H35FN2O4. The smallest absolute Gasteiger partial charge is 0.322 e. The summed E-state index contributed by atoms with van der Waals surface area (Å²) in [5, 5.41) is 2.82. The third-order valence-electron chi connectivity index (χ3n) is 5.87. The molecule has 164 valence electrons. The van der Waals surface area contributed by atoms with E-state index in [0.717, 1.165) is 5.56 Å². The van der Waals surface area contributed by atoms with Crippen molar-refractivity contribution in [2.75, 3.05) is 25.5 Å². The van der Waals surface area contributed by atoms with Crippen molar-refractivity contribution in [2.24, 2.45) is 0 Å². The highest BCUT2D eigenvalue weighted by Gasteiger charge is 2.38. The summed E-state index contributed by atoms with van der Waals surface area (Å²) in [6, 6.07) is 2.52. The van der Waals surface area contributed by atoms with Gasteiger partial charge in [0.15, 0.2) is 0 Å². The molecule has 0 saturated carbocycles. The maximum atomic E-state index is 14.2. The molecule has 1 saturated heterocycles. The van der Waals surface area contributed by atoms with Gasteiger partial charge in [-0.15, -0.1) is 0 Å². The molecule has 1 aromatic rings. The van der Waals surface area contributed by atoms with Gasteiger partial charge < -0.3 is 24.4 Å². The molecule has 1 aliphatic rings. The number of carbonyl (C=O) groups is 1. The Morgan fingerprint density at radius 3 is 2.41 bits per heavy atom. The molecule has 2 amide bonds. The first-order valence-electron chi connectivity index (χ1n) is 10.1. The lowest BCUT2D eigenvalue weighted by Gasteiger charge is -2.40. The molecule has 0 aromatic heterocycles. The minimum absolute atomic E-state index is 0.0599. The van der Waals surface area contributed by atoms with Crippen molar-refractivity contribution < 1.29 is 23.4 Å². The van der Waals surface area contributed by atoms with Crippen LogP contribution >= 0.6 is 0 Å². The molecule has 0 radical (unpaired) electrons. The molecule has 0 bridgehead atoms. The van der Waals surface area contributed by atoms with Crippen LogP contribution in [0.4, 0.5) is 14.9 Å². The van der Waals surface area contributed by atoms with Gasteiger partial charge in [0, 0.05) is 12.8 Å². The lowest BCUT2D eigenvalue weighted by Crippen LogP contribution is -2.56. The Hall–Kier alpha value is -1.70. The number of likely N-dealkylation sites (tertiary alicyclic amines) is 1. The van der Waals surface area contributed by atoms with E-state index in [4.69, 9.17) is 14.2 Å². The van der Waals surface area contributed by atoms with Crippen LogP contribution in [0.3, 0.4) is 0 Å². The molecular weight excluding hydrogens is 375 g/mol. The molecule has 29 heavy (non-hydrogen) atoms. The summed E-state index contributed by atoms with van der Waals surface area (Å²) < 4.78 is 31.5. The number of ether oxygens (including phenoxy) is 3. The van der Waals surface area contributed by atoms with E-state index < -0.39 is 17.0 Å². The average molecular weight is 411 g/mol. The molecule has 6 nitrogen and oxygen atoms in total. The number of amides is 2. The van der Waals surface area contributed by atoms with Crippen LogP contribution in [-0.4, -0.2) is 54.5 Å². The fourth-order valence-corrected chi connectivity index (χ4v) is 2.96. The van der Waals surface area contributed by atoms with Crippen molar-refractivity contribution in [3.05, 3.63) is 29.1 Å². The van der Waals surface area contributed by atoms with E-state index in [2.05, 4.69) is 5.32 Å². The number of anilines is 1. The standard InChI is InChI=1S/C22H35FN2O4/c1-14(2)29-18-11-25(12-18)20(26)24-19-10-17(23)9-16(15(19)3)13-28-22(6,7)21(4,5)27-8/h9-10,14,18H,11-13H2,1-8H3,(H,24,26). The molecule has 0 spiro atoms. The van der Waals surface area contributed by atoms with Gasteiger partial charge >= 0.3 is 6.03 Å². The highest BCUT2D eigenvalue weighted by Crippen LogP contribution is 2.31. The van der Waals surface area contributed by atoms with Crippen molar-refractivity contribution in [1.29, 1.82) is 0 Å². The highest BCUT2D eigenvalue weighted by atomic mass is 19.1. The van der Waals surface area contributed by atoms with Gasteiger partial charge in [0.2, 0.25) is 0 Å². The molecule has 1 fully saturated rings. The summed E-state index contributed by atoms with van der Waals surface area (Å²) in [6.07, 6.45) is 0.190. The average Bonchev–Trinajstić information content (AvgIpc) is 2.58. The Labute approximate surface area is 173 Å². The van der Waals surface area contributed by atoms with E-state index in [0.29, 0.717) is 24.3 Å². The Morgan fingerprint density at radius 1 is 1.24 bits per heavy atom. The van der Waals surface area contributed by atoms with Crippen LogP contribution in [0.25, 0.3) is 0 Å². The molecule has 1 aromatic carbocycles. The second kappa shape index (κ2) is 8.98. The van der Waals surface area contributed by atoms with E-state index in [1.54, 1.807) is 12.0 Å². The fourth-order valence-electron chi connectivity index (χ4n) is 2.96. The van der Waals surface area contributed by atoms with Gasteiger partial charge in [-0.2, -0.15) is 0 Å². The van der Waals surface area contributed by atoms with E-state index in [1.807, 2.05) is 48.5 Å². The van der Waals surface area contributed by atoms with Crippen LogP contribution in [0.2, 0.25) is 0 Å². The number of halogens is 1. The van der Waals surface area contributed by atoms with Gasteiger partial charge in [0.1, 0.15) is 5.82 Å². The Balaban J connectivity index is 2.04. The topological polar surface area (TPSA) is 60.0 Å². The van der Waals surface area contributed by atoms with E-state index >= 15 is 0 Å². The number of urea groups is 1. The zero-order valence-electron chi connectivity index (χ0n) is 18.9. The monoisotopic (exact) mass is 410 g/mol. The highest BCUT2D eigenvalue weighted by molar-refractivity contribution is 5.91. The molecule has 2 rings (SSSR count). The molecule has 0 aliphatic carbocycles. The number of hydrogen-bond acceptors (Lipinski definition) is 4. The summed E-state index contributed by atoms with van der Waals surface area (Å²) in [7, 11) is 1.64. The van der Waals surface area contributed by atoms with Gasteiger partial charge in [0.25, 0.3) is 0 Å². The van der Waals surface area contributed by atoms with Gasteiger partial charge in [0.05, 0.1) is 43.1 Å². The van der Waals surface area contributed by atoms with E-state index in [1.165, 1.54) is 12.1 Å². The first-order chi connectivity index (χ1) is 13.4. The van der Waals surface area contributed by atoms with Crippen LogP contribution in [0.1, 0.15) is 52.7 Å². The maximum Gasteiger partial charge on any atom is 0.322 e. The predicted octanol–water partition coefficient (Wildman–Crippen LogP) is 4.50. The largest absolute Gasteiger partial charge is 0.376 e. The summed E-state index contributed by atoms with van der Waals surface area (Å²) in [5.41, 5.74) is 0.807. The van der Waals surface area contributed by atoms with Crippen molar-refractivity contribution in [3.63, 3.8) is 0 Å². The summed E-state index contributed by atoms with van der Waals surface area (Å²) in [6.45, 7) is 14.8. The zero-order chi connectivity index (χ0) is 22.0. The van der Waals surface area contributed by atoms with Crippen LogP contribution in [-0.2, 0) is 20.8 Å². The fraction of sp³-hybridized carbons (Fsp3) is 0.682. The molecule has 0 atom stereocenters. The minimum Gasteiger partial charge on any atom is -0.376 e. The van der Waals surface area contributed by atoms with Gasteiger partial charge in [-0.1, -0.05) is 0 Å². The summed E-state index contributed by atoms with van der Waals surface area (Å²) in [5.74, 6) is -0.419. The van der Waals surface area contributed by atoms with Crippen LogP contribution in [0.5, 0.6) is 0 Å². The second-order valence-electron chi connectivity index (χ2n) is 8.89. The number of rotatable bonds is 8. The van der Waals surface area contributed by atoms with Gasteiger partial charge in [-0.05, 0) is 71.7 Å².